The van der Waals surface area contributed by atoms with Crippen LogP contribution >= 0.6 is 27.5 Å². The molecule has 0 aromatic heterocycles. The molecular formula is C15H13BrClNO3. The number of hydrogen-bond donors (Lipinski definition) is 1. The SMILES string of the molecule is CCOC(=O)c1ccc(N)c(Oc2ccc(Br)cc2Cl)c1. The van der Waals surface area contributed by atoms with E-state index in [1.165, 1.54) is 6.07 Å². The number of anilines is 1. The Balaban J connectivity index is 2.30. The Hall–Kier alpha value is -1.72. The Kier molecular flexibility index (Phi) is 5.09. The fourth-order valence-electron chi connectivity index (χ4n) is 1.64. The van der Waals surface area contributed by atoms with Crippen LogP contribution in [0.2, 0.25) is 5.02 Å². The van der Waals surface area contributed by atoms with Gasteiger partial charge in [-0.2, -0.15) is 0 Å². The molecule has 6 heteroatoms. The van der Waals surface area contributed by atoms with E-state index in [-0.39, 0.29) is 0 Å². The van der Waals surface area contributed by atoms with Gasteiger partial charge in [-0.3, -0.25) is 0 Å². The molecule has 2 rings (SSSR count). The van der Waals surface area contributed by atoms with Crippen molar-refractivity contribution in [2.45, 2.75) is 6.92 Å². The molecule has 0 radical (unpaired) electrons. The van der Waals surface area contributed by atoms with E-state index in [9.17, 15) is 4.79 Å². The molecule has 21 heavy (non-hydrogen) atoms. The van der Waals surface area contributed by atoms with E-state index in [0.717, 1.165) is 4.47 Å². The van der Waals surface area contributed by atoms with E-state index >= 15 is 0 Å². The van der Waals surface area contributed by atoms with Gasteiger partial charge in [0.25, 0.3) is 0 Å². The second-order valence-electron chi connectivity index (χ2n) is 4.15. The zero-order valence-corrected chi connectivity index (χ0v) is 13.6. The highest BCUT2D eigenvalue weighted by atomic mass is 79.9. The van der Waals surface area contributed by atoms with Gasteiger partial charge in [-0.25, -0.2) is 4.79 Å². The lowest BCUT2D eigenvalue weighted by molar-refractivity contribution is 0.0526. The monoisotopic (exact) mass is 369 g/mol. The van der Waals surface area contributed by atoms with E-state index in [0.29, 0.717) is 34.4 Å². The quantitative estimate of drug-likeness (QED) is 0.628. The molecule has 0 aliphatic rings. The lowest BCUT2D eigenvalue weighted by atomic mass is 10.2. The average molecular weight is 371 g/mol. The highest BCUT2D eigenvalue weighted by molar-refractivity contribution is 9.10. The Morgan fingerprint density at radius 1 is 1.24 bits per heavy atom. The summed E-state index contributed by atoms with van der Waals surface area (Å²) >= 11 is 9.41. The number of rotatable bonds is 4. The van der Waals surface area contributed by atoms with Gasteiger partial charge in [0.1, 0.15) is 5.75 Å². The van der Waals surface area contributed by atoms with Crippen molar-refractivity contribution in [1.82, 2.24) is 0 Å². The van der Waals surface area contributed by atoms with Gasteiger partial charge in [-0.05, 0) is 43.3 Å². The van der Waals surface area contributed by atoms with Gasteiger partial charge in [0.2, 0.25) is 0 Å². The molecule has 0 spiro atoms. The average Bonchev–Trinajstić information content (AvgIpc) is 2.44. The van der Waals surface area contributed by atoms with E-state index in [1.807, 2.05) is 0 Å². The van der Waals surface area contributed by atoms with Crippen LogP contribution < -0.4 is 10.5 Å². The fourth-order valence-corrected chi connectivity index (χ4v) is 2.35. The van der Waals surface area contributed by atoms with Gasteiger partial charge in [0.05, 0.1) is 22.9 Å². The maximum absolute atomic E-state index is 11.7. The van der Waals surface area contributed by atoms with Crippen LogP contribution in [0, 0.1) is 0 Å². The first-order valence-corrected chi connectivity index (χ1v) is 7.38. The van der Waals surface area contributed by atoms with Crippen LogP contribution in [0.5, 0.6) is 11.5 Å². The Labute approximate surface area is 135 Å². The second-order valence-corrected chi connectivity index (χ2v) is 5.47. The summed E-state index contributed by atoms with van der Waals surface area (Å²) in [6.45, 7) is 2.05. The molecule has 2 aromatic rings. The number of hydrogen-bond acceptors (Lipinski definition) is 4. The van der Waals surface area contributed by atoms with Crippen LogP contribution in [-0.2, 0) is 4.74 Å². The lowest BCUT2D eigenvalue weighted by Crippen LogP contribution is -2.05. The molecule has 0 fully saturated rings. The first-order valence-electron chi connectivity index (χ1n) is 6.20. The molecule has 2 aromatic carbocycles. The number of esters is 1. The third-order valence-corrected chi connectivity index (χ3v) is 3.43. The number of ether oxygens (including phenoxy) is 2. The van der Waals surface area contributed by atoms with Crippen LogP contribution in [0.1, 0.15) is 17.3 Å². The van der Waals surface area contributed by atoms with Crippen LogP contribution in [0.15, 0.2) is 40.9 Å². The topological polar surface area (TPSA) is 61.5 Å². The van der Waals surface area contributed by atoms with Crippen LogP contribution in [-0.4, -0.2) is 12.6 Å². The van der Waals surface area contributed by atoms with Gasteiger partial charge in [0, 0.05) is 4.47 Å². The minimum atomic E-state index is -0.427. The van der Waals surface area contributed by atoms with Crippen molar-refractivity contribution in [3.8, 4) is 11.5 Å². The van der Waals surface area contributed by atoms with Crippen LogP contribution in [0.25, 0.3) is 0 Å². The first-order chi connectivity index (χ1) is 10.0. The first kappa shape index (κ1) is 15.7. The van der Waals surface area contributed by atoms with Crippen molar-refractivity contribution in [2.75, 3.05) is 12.3 Å². The van der Waals surface area contributed by atoms with Crippen molar-refractivity contribution in [1.29, 1.82) is 0 Å². The molecule has 0 saturated carbocycles. The van der Waals surface area contributed by atoms with Crippen molar-refractivity contribution < 1.29 is 14.3 Å². The van der Waals surface area contributed by atoms with E-state index in [2.05, 4.69) is 15.9 Å². The third-order valence-electron chi connectivity index (χ3n) is 2.64. The van der Waals surface area contributed by atoms with Gasteiger partial charge in [-0.15, -0.1) is 0 Å². The maximum Gasteiger partial charge on any atom is 0.338 e. The summed E-state index contributed by atoms with van der Waals surface area (Å²) in [5.41, 5.74) is 6.64. The van der Waals surface area contributed by atoms with Crippen molar-refractivity contribution in [3.05, 3.63) is 51.5 Å². The molecular weight excluding hydrogens is 358 g/mol. The predicted octanol–water partition coefficient (Wildman–Crippen LogP) is 4.65. The van der Waals surface area contributed by atoms with Crippen LogP contribution in [0.3, 0.4) is 0 Å². The maximum atomic E-state index is 11.7. The summed E-state index contributed by atoms with van der Waals surface area (Å²) in [7, 11) is 0. The lowest BCUT2D eigenvalue weighted by Gasteiger charge is -2.11. The predicted molar refractivity (Wildman–Crippen MR) is 86.0 cm³/mol. The normalized spacial score (nSPS) is 10.2. The van der Waals surface area contributed by atoms with E-state index < -0.39 is 5.97 Å². The summed E-state index contributed by atoms with van der Waals surface area (Å²) in [6, 6.07) is 9.93. The molecule has 110 valence electrons. The molecule has 0 saturated heterocycles. The Morgan fingerprint density at radius 3 is 2.67 bits per heavy atom. The zero-order valence-electron chi connectivity index (χ0n) is 11.2. The molecule has 0 unspecified atom stereocenters. The van der Waals surface area contributed by atoms with Crippen molar-refractivity contribution >= 4 is 39.2 Å². The second kappa shape index (κ2) is 6.83. The van der Waals surface area contributed by atoms with Crippen molar-refractivity contribution in [3.63, 3.8) is 0 Å². The third kappa shape index (κ3) is 3.89. The smallest absolute Gasteiger partial charge is 0.338 e. The Morgan fingerprint density at radius 2 is 2.00 bits per heavy atom. The number of benzene rings is 2. The molecule has 0 bridgehead atoms. The number of nitrogen functional groups attached to an aromatic ring is 1. The minimum Gasteiger partial charge on any atom is -0.462 e. The van der Waals surface area contributed by atoms with Gasteiger partial charge in [0.15, 0.2) is 5.75 Å². The van der Waals surface area contributed by atoms with E-state index in [1.54, 1.807) is 37.3 Å². The zero-order chi connectivity index (χ0) is 15.4. The molecule has 0 heterocycles. The summed E-state index contributed by atoms with van der Waals surface area (Å²) in [4.78, 5) is 11.7. The molecule has 0 atom stereocenters. The van der Waals surface area contributed by atoms with Crippen LogP contribution in [0.4, 0.5) is 5.69 Å². The van der Waals surface area contributed by atoms with Crippen molar-refractivity contribution in [2.24, 2.45) is 0 Å². The highest BCUT2D eigenvalue weighted by Gasteiger charge is 2.12. The molecule has 0 aliphatic carbocycles. The number of nitrogens with two attached hydrogens (primary N) is 1. The van der Waals surface area contributed by atoms with Gasteiger partial charge in [-0.1, -0.05) is 27.5 Å². The van der Waals surface area contributed by atoms with Gasteiger partial charge >= 0.3 is 5.97 Å². The molecule has 4 nitrogen and oxygen atoms in total. The Bertz CT molecular complexity index is 676. The summed E-state index contributed by atoms with van der Waals surface area (Å²) in [5.74, 6) is 0.376. The highest BCUT2D eigenvalue weighted by Crippen LogP contribution is 2.34. The summed E-state index contributed by atoms with van der Waals surface area (Å²) in [6.07, 6.45) is 0. The number of carbonyl (C=O) groups is 1. The molecule has 2 N–H and O–H groups in total. The number of carbonyl (C=O) groups excluding carboxylic acids is 1. The molecule has 0 amide bonds. The van der Waals surface area contributed by atoms with Gasteiger partial charge < -0.3 is 15.2 Å². The summed E-state index contributed by atoms with van der Waals surface area (Å²) in [5, 5.41) is 0.435. The number of halogens is 2. The standard InChI is InChI=1S/C15H13BrClNO3/c1-2-20-15(19)9-3-5-12(18)14(7-9)21-13-6-4-10(16)8-11(13)17/h3-8H,2,18H2,1H3. The molecule has 0 aliphatic heterocycles. The minimum absolute atomic E-state index is 0.304. The fraction of sp³-hybridized carbons (Fsp3) is 0.133. The largest absolute Gasteiger partial charge is 0.462 e. The summed E-state index contributed by atoms with van der Waals surface area (Å²) < 4.78 is 11.5. The van der Waals surface area contributed by atoms with E-state index in [4.69, 9.17) is 26.8 Å².